The van der Waals surface area contributed by atoms with E-state index in [0.717, 1.165) is 0 Å². The third kappa shape index (κ3) is 3.99. The number of ether oxygens (including phenoxy) is 3. The van der Waals surface area contributed by atoms with Crippen molar-refractivity contribution in [3.05, 3.63) is 30.9 Å². The van der Waals surface area contributed by atoms with E-state index >= 15 is 0 Å². The van der Waals surface area contributed by atoms with Crippen molar-refractivity contribution in [1.29, 1.82) is 0 Å². The summed E-state index contributed by atoms with van der Waals surface area (Å²) in [5.41, 5.74) is 6.89. The van der Waals surface area contributed by atoms with Crippen molar-refractivity contribution < 1.29 is 23.3 Å². The van der Waals surface area contributed by atoms with Gasteiger partial charge in [0.05, 0.1) is 19.0 Å². The number of hydrogen-bond acceptors (Lipinski definition) is 9. The Morgan fingerprint density at radius 3 is 3.00 bits per heavy atom. The summed E-state index contributed by atoms with van der Waals surface area (Å²) in [6, 6.07) is 4.84. The first-order chi connectivity index (χ1) is 13.4. The highest BCUT2D eigenvalue weighted by atomic mass is 35.7. The maximum atomic E-state index is 12.5. The first-order valence-electron chi connectivity index (χ1n) is 8.32. The number of nitrogens with two attached hydrogens (primary N) is 1. The number of rotatable bonds is 7. The molecule has 0 bridgehead atoms. The van der Waals surface area contributed by atoms with E-state index in [1.54, 1.807) is 29.1 Å². The second kappa shape index (κ2) is 7.46. The fourth-order valence-electron chi connectivity index (χ4n) is 2.70. The van der Waals surface area contributed by atoms with Gasteiger partial charge in [0.15, 0.2) is 23.0 Å². The summed E-state index contributed by atoms with van der Waals surface area (Å²) < 4.78 is 35.8. The van der Waals surface area contributed by atoms with Crippen molar-refractivity contribution >= 4 is 34.9 Å². The van der Waals surface area contributed by atoms with Crippen LogP contribution in [-0.2, 0) is 15.8 Å². The van der Waals surface area contributed by atoms with E-state index in [9.17, 15) is 4.57 Å². The number of halogens is 1. The van der Waals surface area contributed by atoms with Crippen LogP contribution in [0.3, 0.4) is 0 Å². The summed E-state index contributed by atoms with van der Waals surface area (Å²) in [6.45, 7) is -1.20. The van der Waals surface area contributed by atoms with Crippen LogP contribution in [-0.4, -0.2) is 38.8 Å². The van der Waals surface area contributed by atoms with Gasteiger partial charge in [-0.1, -0.05) is 0 Å². The molecule has 10 nitrogen and oxygen atoms in total. The number of fused-ring (bicyclic) bond motifs is 2. The number of aromatic nitrogens is 4. The van der Waals surface area contributed by atoms with Gasteiger partial charge in [-0.25, -0.2) is 15.0 Å². The topological polar surface area (TPSA) is 124 Å². The van der Waals surface area contributed by atoms with Gasteiger partial charge in [0.1, 0.15) is 23.9 Å². The molecule has 148 valence electrons. The molecule has 0 aliphatic carbocycles. The van der Waals surface area contributed by atoms with Crippen molar-refractivity contribution in [3.63, 3.8) is 0 Å². The van der Waals surface area contributed by atoms with E-state index in [4.69, 9.17) is 35.7 Å². The monoisotopic (exact) mass is 425 g/mol. The molecule has 0 saturated carbocycles. The van der Waals surface area contributed by atoms with Crippen LogP contribution in [0.25, 0.3) is 11.2 Å². The second-order valence-electron chi connectivity index (χ2n) is 6.13. The second-order valence-corrected chi connectivity index (χ2v) is 9.30. The number of imidazole rings is 1. The largest absolute Gasteiger partial charge is 0.454 e. The van der Waals surface area contributed by atoms with Crippen LogP contribution in [0.15, 0.2) is 30.9 Å². The van der Waals surface area contributed by atoms with Gasteiger partial charge in [-0.2, -0.15) is 0 Å². The van der Waals surface area contributed by atoms with Crippen molar-refractivity contribution in [2.24, 2.45) is 0 Å². The number of hydrogen-bond donors (Lipinski definition) is 1. The number of nitrogens with zero attached hydrogens (tertiary/aromatic N) is 4. The Hall–Kier alpha value is -2.55. The molecule has 3 heterocycles. The van der Waals surface area contributed by atoms with E-state index in [0.29, 0.717) is 40.8 Å². The lowest BCUT2D eigenvalue weighted by molar-refractivity contribution is 0.0844. The summed E-state index contributed by atoms with van der Waals surface area (Å²) in [5, 5.41) is 0. The van der Waals surface area contributed by atoms with Crippen LogP contribution in [0.2, 0.25) is 0 Å². The van der Waals surface area contributed by atoms with Gasteiger partial charge in [0, 0.05) is 6.07 Å². The Bertz CT molecular complexity index is 1060. The van der Waals surface area contributed by atoms with Crippen LogP contribution in [0.4, 0.5) is 5.82 Å². The zero-order valence-corrected chi connectivity index (χ0v) is 16.5. The zero-order chi connectivity index (χ0) is 19.7. The predicted molar refractivity (Wildman–Crippen MR) is 102 cm³/mol. The summed E-state index contributed by atoms with van der Waals surface area (Å²) in [7, 11) is 0. The molecule has 1 aliphatic rings. The maximum Gasteiger partial charge on any atom is 0.361 e. The SMILES string of the molecule is C[C@H](Cn1cnc2c(N)ncnc21)OCP(=O)(Cl)Oc1ccc2c(c1)OCO2. The van der Waals surface area contributed by atoms with Crippen molar-refractivity contribution in [3.8, 4) is 17.2 Å². The van der Waals surface area contributed by atoms with Gasteiger partial charge in [0.25, 0.3) is 0 Å². The standard InChI is InChI=1S/C16H17ClN5O5P/c1-10(5-22-7-21-14-15(18)19-6-20-16(14)22)26-9-28(17,23)27-11-2-3-12-13(4-11)25-8-24-12/h2-4,6-7,10H,5,8-9H2,1H3,(H2,18,19,20)/t10-,28?/m1/s1. The summed E-state index contributed by atoms with van der Waals surface area (Å²) in [6.07, 6.45) is 2.36. The molecule has 0 saturated heterocycles. The Morgan fingerprint density at radius 2 is 2.14 bits per heavy atom. The molecule has 12 heteroatoms. The first-order valence-corrected chi connectivity index (χ1v) is 11.0. The highest BCUT2D eigenvalue weighted by molar-refractivity contribution is 7.85. The number of benzene rings is 1. The van der Waals surface area contributed by atoms with Gasteiger partial charge < -0.3 is 29.0 Å². The highest BCUT2D eigenvalue weighted by Gasteiger charge is 2.25. The van der Waals surface area contributed by atoms with Crippen LogP contribution in [0.1, 0.15) is 6.92 Å². The smallest absolute Gasteiger partial charge is 0.361 e. The van der Waals surface area contributed by atoms with E-state index in [2.05, 4.69) is 15.0 Å². The molecule has 0 radical (unpaired) electrons. The minimum absolute atomic E-state index is 0.136. The summed E-state index contributed by atoms with van der Waals surface area (Å²) in [5.74, 6) is 1.72. The highest BCUT2D eigenvalue weighted by Crippen LogP contribution is 2.53. The molecule has 4 rings (SSSR count). The lowest BCUT2D eigenvalue weighted by Crippen LogP contribution is -2.17. The molecule has 1 aliphatic heterocycles. The molecule has 28 heavy (non-hydrogen) atoms. The Kier molecular flexibility index (Phi) is 5.01. The van der Waals surface area contributed by atoms with E-state index in [1.807, 2.05) is 6.92 Å². The van der Waals surface area contributed by atoms with E-state index < -0.39 is 6.72 Å². The third-order valence-corrected chi connectivity index (χ3v) is 5.42. The normalized spacial score (nSPS) is 16.1. The van der Waals surface area contributed by atoms with Gasteiger partial charge in [-0.3, -0.25) is 4.57 Å². The molecule has 2 aromatic heterocycles. The lowest BCUT2D eigenvalue weighted by atomic mass is 10.3. The van der Waals surface area contributed by atoms with Gasteiger partial charge in [-0.15, -0.1) is 0 Å². The number of nitrogen functional groups attached to an aromatic ring is 1. The number of anilines is 1. The molecule has 3 aromatic rings. The third-order valence-electron chi connectivity index (χ3n) is 3.98. The molecular weight excluding hydrogens is 409 g/mol. The zero-order valence-electron chi connectivity index (χ0n) is 14.8. The van der Waals surface area contributed by atoms with Crippen molar-refractivity contribution in [1.82, 2.24) is 19.5 Å². The fourth-order valence-corrected chi connectivity index (χ4v) is 4.02. The predicted octanol–water partition coefficient (Wildman–Crippen LogP) is 3.01. The van der Waals surface area contributed by atoms with E-state index in [1.165, 1.54) is 6.33 Å². The van der Waals surface area contributed by atoms with Gasteiger partial charge in [0.2, 0.25) is 6.79 Å². The quantitative estimate of drug-likeness (QED) is 0.568. The van der Waals surface area contributed by atoms with Gasteiger partial charge >= 0.3 is 6.72 Å². The van der Waals surface area contributed by atoms with E-state index in [-0.39, 0.29) is 19.2 Å². The molecule has 2 N–H and O–H groups in total. The molecule has 1 unspecified atom stereocenters. The average molecular weight is 426 g/mol. The van der Waals surface area contributed by atoms with Crippen molar-refractivity contribution in [2.75, 3.05) is 18.9 Å². The van der Waals surface area contributed by atoms with Crippen LogP contribution in [0.5, 0.6) is 17.2 Å². The minimum atomic E-state index is -3.56. The maximum absolute atomic E-state index is 12.5. The van der Waals surface area contributed by atoms with Crippen LogP contribution in [0, 0.1) is 0 Å². The molecule has 0 spiro atoms. The van der Waals surface area contributed by atoms with Crippen LogP contribution < -0.4 is 19.7 Å². The molecule has 2 atom stereocenters. The first kappa shape index (κ1) is 18.8. The Balaban J connectivity index is 1.36. The molecular formula is C16H17ClN5O5P. The Labute approximate surface area is 164 Å². The molecule has 0 amide bonds. The minimum Gasteiger partial charge on any atom is -0.454 e. The average Bonchev–Trinajstić information content (AvgIpc) is 3.27. The lowest BCUT2D eigenvalue weighted by Gasteiger charge is -2.17. The summed E-state index contributed by atoms with van der Waals surface area (Å²) >= 11 is 6.04. The fraction of sp³-hybridized carbons (Fsp3) is 0.312. The summed E-state index contributed by atoms with van der Waals surface area (Å²) in [4.78, 5) is 12.3. The van der Waals surface area contributed by atoms with Crippen molar-refractivity contribution in [2.45, 2.75) is 19.6 Å². The molecule has 1 aromatic carbocycles. The molecule has 0 fully saturated rings. The Morgan fingerprint density at radius 1 is 1.32 bits per heavy atom. The van der Waals surface area contributed by atoms with Crippen LogP contribution >= 0.6 is 18.0 Å². The van der Waals surface area contributed by atoms with Gasteiger partial charge in [-0.05, 0) is 30.3 Å².